The van der Waals surface area contributed by atoms with Crippen LogP contribution in [-0.2, 0) is 6.42 Å². The second kappa shape index (κ2) is 6.92. The van der Waals surface area contributed by atoms with Crippen LogP contribution in [0.3, 0.4) is 0 Å². The van der Waals surface area contributed by atoms with Crippen LogP contribution in [0.25, 0.3) is 0 Å². The normalized spacial score (nSPS) is 11.8. The first kappa shape index (κ1) is 12.6. The van der Waals surface area contributed by atoms with E-state index in [9.17, 15) is 0 Å². The van der Waals surface area contributed by atoms with Crippen LogP contribution in [0.1, 0.15) is 19.4 Å². The van der Waals surface area contributed by atoms with E-state index in [2.05, 4.69) is 24.2 Å². The molecule has 1 rings (SSSR count). The smallest absolute Gasteiger partial charge is 0.122 e. The average Bonchev–Trinajstić information content (AvgIpc) is 2.30. The summed E-state index contributed by atoms with van der Waals surface area (Å²) in [4.78, 5) is 0. The summed E-state index contributed by atoms with van der Waals surface area (Å²) in [5, 5.41) is 3.13. The zero-order chi connectivity index (χ0) is 11.8. The van der Waals surface area contributed by atoms with Gasteiger partial charge in [-0.25, -0.2) is 0 Å². The third kappa shape index (κ3) is 3.96. The monoisotopic (exact) mass is 217 g/mol. The number of benzene rings is 1. The molecule has 86 valence electrons. The highest BCUT2D eigenvalue weighted by Crippen LogP contribution is 2.19. The number of hydrogen-bond acceptors (Lipinski definition) is 2. The van der Waals surface area contributed by atoms with Crippen molar-refractivity contribution in [3.8, 4) is 18.1 Å². The van der Waals surface area contributed by atoms with Crippen LogP contribution in [0, 0.1) is 12.3 Å². The van der Waals surface area contributed by atoms with Crippen molar-refractivity contribution in [1.82, 2.24) is 5.32 Å². The average molecular weight is 217 g/mol. The van der Waals surface area contributed by atoms with Gasteiger partial charge in [0, 0.05) is 6.54 Å². The third-order valence-electron chi connectivity index (χ3n) is 2.34. The van der Waals surface area contributed by atoms with Crippen molar-refractivity contribution in [1.29, 1.82) is 0 Å². The van der Waals surface area contributed by atoms with Gasteiger partial charge in [-0.2, -0.15) is 0 Å². The molecule has 0 aromatic heterocycles. The van der Waals surface area contributed by atoms with Crippen LogP contribution in [0.2, 0.25) is 0 Å². The second-order valence-corrected chi connectivity index (χ2v) is 3.72. The zero-order valence-corrected chi connectivity index (χ0v) is 9.99. The van der Waals surface area contributed by atoms with Crippen molar-refractivity contribution in [3.63, 3.8) is 0 Å². The van der Waals surface area contributed by atoms with Crippen LogP contribution in [0.5, 0.6) is 5.75 Å². The molecule has 0 bridgehead atoms. The molecule has 0 fully saturated rings. The minimum Gasteiger partial charge on any atom is -0.489 e. The summed E-state index contributed by atoms with van der Waals surface area (Å²) in [6, 6.07) is 8.14. The van der Waals surface area contributed by atoms with Crippen molar-refractivity contribution < 1.29 is 4.74 Å². The Kier molecular flexibility index (Phi) is 5.45. The van der Waals surface area contributed by atoms with E-state index in [1.807, 2.05) is 25.1 Å². The number of ether oxygens (including phenoxy) is 1. The molecule has 0 spiro atoms. The lowest BCUT2D eigenvalue weighted by molar-refractivity contribution is 0.217. The molecule has 2 nitrogen and oxygen atoms in total. The molecule has 0 aliphatic rings. The molecular formula is C14H19NO. The third-order valence-corrected chi connectivity index (χ3v) is 2.34. The number of terminal acetylenes is 1. The topological polar surface area (TPSA) is 21.3 Å². The molecule has 0 heterocycles. The van der Waals surface area contributed by atoms with Gasteiger partial charge in [0.25, 0.3) is 0 Å². The fourth-order valence-corrected chi connectivity index (χ4v) is 1.52. The minimum absolute atomic E-state index is 0.126. The summed E-state index contributed by atoms with van der Waals surface area (Å²) in [6.07, 6.45) is 6.27. The Balaban J connectivity index is 2.49. The maximum absolute atomic E-state index is 5.85. The number of aryl methyl sites for hydroxylation is 1. The maximum atomic E-state index is 5.85. The predicted molar refractivity (Wildman–Crippen MR) is 67.6 cm³/mol. The highest BCUT2D eigenvalue weighted by molar-refractivity contribution is 5.33. The van der Waals surface area contributed by atoms with Crippen molar-refractivity contribution in [2.24, 2.45) is 0 Å². The van der Waals surface area contributed by atoms with E-state index in [1.54, 1.807) is 0 Å². The molecule has 0 saturated heterocycles. The highest BCUT2D eigenvalue weighted by atomic mass is 16.5. The van der Waals surface area contributed by atoms with Crippen LogP contribution >= 0.6 is 0 Å². The molecule has 2 heteroatoms. The Morgan fingerprint density at radius 1 is 1.44 bits per heavy atom. The van der Waals surface area contributed by atoms with Crippen LogP contribution in [0.4, 0.5) is 0 Å². The quantitative estimate of drug-likeness (QED) is 0.583. The molecule has 1 aromatic carbocycles. The first-order valence-electron chi connectivity index (χ1n) is 5.66. The number of hydrogen-bond donors (Lipinski definition) is 1. The van der Waals surface area contributed by atoms with Gasteiger partial charge < -0.3 is 10.1 Å². The highest BCUT2D eigenvalue weighted by Gasteiger charge is 2.06. The molecule has 1 aromatic rings. The molecule has 1 atom stereocenters. The van der Waals surface area contributed by atoms with Crippen LogP contribution < -0.4 is 10.1 Å². The van der Waals surface area contributed by atoms with Crippen molar-refractivity contribution >= 4 is 0 Å². The Labute approximate surface area is 98.0 Å². The van der Waals surface area contributed by atoms with Gasteiger partial charge in [-0.15, -0.1) is 6.42 Å². The summed E-state index contributed by atoms with van der Waals surface area (Å²) < 4.78 is 5.85. The minimum atomic E-state index is 0.126. The Bertz CT molecular complexity index is 354. The van der Waals surface area contributed by atoms with Gasteiger partial charge in [0.15, 0.2) is 0 Å². The van der Waals surface area contributed by atoms with Gasteiger partial charge >= 0.3 is 0 Å². The predicted octanol–water partition coefficient (Wildman–Crippen LogP) is 2.24. The first-order chi connectivity index (χ1) is 7.77. The molecule has 1 N–H and O–H groups in total. The van der Waals surface area contributed by atoms with Gasteiger partial charge in [0.2, 0.25) is 0 Å². The fourth-order valence-electron chi connectivity index (χ4n) is 1.52. The van der Waals surface area contributed by atoms with Crippen molar-refractivity contribution in [2.75, 3.05) is 13.1 Å². The van der Waals surface area contributed by atoms with Gasteiger partial charge in [0.1, 0.15) is 11.9 Å². The summed E-state index contributed by atoms with van der Waals surface area (Å²) in [5.41, 5.74) is 1.24. The lowest BCUT2D eigenvalue weighted by Crippen LogP contribution is -2.29. The van der Waals surface area contributed by atoms with E-state index >= 15 is 0 Å². The maximum Gasteiger partial charge on any atom is 0.122 e. The van der Waals surface area contributed by atoms with E-state index in [4.69, 9.17) is 11.2 Å². The fraction of sp³-hybridized carbons (Fsp3) is 0.429. The summed E-state index contributed by atoms with van der Waals surface area (Å²) in [6.45, 7) is 5.52. The van der Waals surface area contributed by atoms with E-state index in [0.717, 1.165) is 18.7 Å². The molecule has 0 saturated carbocycles. The van der Waals surface area contributed by atoms with Crippen molar-refractivity contribution in [2.45, 2.75) is 26.4 Å². The number of para-hydroxylation sites is 1. The molecule has 1 unspecified atom stereocenters. The zero-order valence-electron chi connectivity index (χ0n) is 9.99. The molecule has 0 aliphatic heterocycles. The molecular weight excluding hydrogens is 198 g/mol. The Morgan fingerprint density at radius 3 is 2.88 bits per heavy atom. The molecule has 16 heavy (non-hydrogen) atoms. The number of rotatable bonds is 6. The molecule has 0 amide bonds. The van der Waals surface area contributed by atoms with Gasteiger partial charge in [-0.1, -0.05) is 31.0 Å². The second-order valence-electron chi connectivity index (χ2n) is 3.72. The Hall–Kier alpha value is -1.46. The first-order valence-corrected chi connectivity index (χ1v) is 5.66. The standard InChI is InChI=1S/C14H19NO/c1-4-10-15-11-12(3)16-14-9-7-6-8-13(14)5-2/h1,6-9,12,15H,5,10-11H2,2-3H3. The van der Waals surface area contributed by atoms with E-state index in [0.29, 0.717) is 6.54 Å². The van der Waals surface area contributed by atoms with Crippen molar-refractivity contribution in [3.05, 3.63) is 29.8 Å². The summed E-state index contributed by atoms with van der Waals surface area (Å²) in [5.74, 6) is 3.52. The summed E-state index contributed by atoms with van der Waals surface area (Å²) >= 11 is 0. The van der Waals surface area contributed by atoms with Gasteiger partial charge in [0.05, 0.1) is 6.54 Å². The lowest BCUT2D eigenvalue weighted by Gasteiger charge is -2.17. The Morgan fingerprint density at radius 2 is 2.19 bits per heavy atom. The van der Waals surface area contributed by atoms with E-state index in [1.165, 1.54) is 5.56 Å². The van der Waals surface area contributed by atoms with E-state index in [-0.39, 0.29) is 6.10 Å². The van der Waals surface area contributed by atoms with Crippen LogP contribution in [-0.4, -0.2) is 19.2 Å². The van der Waals surface area contributed by atoms with E-state index < -0.39 is 0 Å². The van der Waals surface area contributed by atoms with Gasteiger partial charge in [-0.3, -0.25) is 0 Å². The van der Waals surface area contributed by atoms with Gasteiger partial charge in [-0.05, 0) is 25.0 Å². The number of nitrogens with one attached hydrogen (secondary N) is 1. The largest absolute Gasteiger partial charge is 0.489 e. The lowest BCUT2D eigenvalue weighted by atomic mass is 10.1. The molecule has 0 radical (unpaired) electrons. The SMILES string of the molecule is C#CCNCC(C)Oc1ccccc1CC. The van der Waals surface area contributed by atoms with Crippen LogP contribution in [0.15, 0.2) is 24.3 Å². The molecule has 0 aliphatic carbocycles. The summed E-state index contributed by atoms with van der Waals surface area (Å²) in [7, 11) is 0.